The van der Waals surface area contributed by atoms with Crippen LogP contribution >= 0.6 is 0 Å². The van der Waals surface area contributed by atoms with Crippen LogP contribution in [0.2, 0.25) is 0 Å². The first-order valence-electron chi connectivity index (χ1n) is 9.62. The maximum atomic E-state index is 12.7. The van der Waals surface area contributed by atoms with Crippen molar-refractivity contribution in [1.29, 1.82) is 0 Å². The number of benzene rings is 1. The van der Waals surface area contributed by atoms with Gasteiger partial charge in [0.25, 0.3) is 5.91 Å². The summed E-state index contributed by atoms with van der Waals surface area (Å²) in [6.45, 7) is 1.47. The number of carbonyl (C=O) groups is 3. The Morgan fingerprint density at radius 3 is 2.39 bits per heavy atom. The maximum absolute atomic E-state index is 12.7. The van der Waals surface area contributed by atoms with E-state index in [1.54, 1.807) is 4.90 Å². The highest BCUT2D eigenvalue weighted by Gasteiger charge is 2.36. The summed E-state index contributed by atoms with van der Waals surface area (Å²) in [5.41, 5.74) is 0.567. The van der Waals surface area contributed by atoms with Gasteiger partial charge in [-0.15, -0.1) is 0 Å². The quantitative estimate of drug-likeness (QED) is 0.670. The maximum Gasteiger partial charge on any atom is 0.312 e. The number of fused-ring (bicyclic) bond motifs is 1. The van der Waals surface area contributed by atoms with E-state index < -0.39 is 17.4 Å². The summed E-state index contributed by atoms with van der Waals surface area (Å²) in [5, 5.41) is 13.5. The Kier molecular flexibility index (Phi) is 4.80. The molecule has 0 unspecified atom stereocenters. The highest BCUT2D eigenvalue weighted by molar-refractivity contribution is 6.35. The lowest BCUT2D eigenvalue weighted by Crippen LogP contribution is -2.55. The molecule has 4 rings (SSSR count). The molecule has 1 aromatic carbocycles. The number of carbonyl (C=O) groups excluding carboxylic acids is 3. The summed E-state index contributed by atoms with van der Waals surface area (Å²) in [7, 11) is 0. The second-order valence-corrected chi connectivity index (χ2v) is 7.62. The normalized spacial score (nSPS) is 18.6. The molecule has 3 N–H and O–H groups in total. The highest BCUT2D eigenvalue weighted by atomic mass is 16.3. The van der Waals surface area contributed by atoms with Crippen LogP contribution in [0, 0.1) is 0 Å². The van der Waals surface area contributed by atoms with Gasteiger partial charge in [0.05, 0.1) is 5.60 Å². The lowest BCUT2D eigenvalue weighted by molar-refractivity contribution is -0.147. The number of nitrogens with one attached hydrogen (secondary N) is 2. The van der Waals surface area contributed by atoms with Crippen LogP contribution in [0.25, 0.3) is 10.9 Å². The Morgan fingerprint density at radius 1 is 1.07 bits per heavy atom. The molecule has 2 fully saturated rings. The first-order valence-corrected chi connectivity index (χ1v) is 9.62. The summed E-state index contributed by atoms with van der Waals surface area (Å²) in [5.74, 6) is -1.42. The second-order valence-electron chi connectivity index (χ2n) is 7.62. The van der Waals surface area contributed by atoms with E-state index in [9.17, 15) is 19.5 Å². The number of aliphatic hydroxyl groups is 1. The first kappa shape index (κ1) is 18.5. The molecule has 2 aromatic rings. The van der Waals surface area contributed by atoms with Gasteiger partial charge in [0.2, 0.25) is 0 Å². The standard InChI is InChI=1S/C20H24N4O4/c25-17(21-13-20(28)6-3-7-20)19(27)24-10-8-23(9-11-24)18(26)16-12-14-4-1-2-5-15(14)22-16/h1-2,4-5,12,22,28H,3,6-11,13H2,(H,21,25). The largest absolute Gasteiger partial charge is 0.388 e. The van der Waals surface area contributed by atoms with Crippen molar-refractivity contribution in [3.05, 3.63) is 36.0 Å². The zero-order valence-electron chi connectivity index (χ0n) is 15.6. The monoisotopic (exact) mass is 384 g/mol. The number of rotatable bonds is 3. The fourth-order valence-electron chi connectivity index (χ4n) is 3.70. The van der Waals surface area contributed by atoms with E-state index in [1.807, 2.05) is 30.3 Å². The highest BCUT2D eigenvalue weighted by Crippen LogP contribution is 2.30. The molecule has 1 saturated carbocycles. The lowest BCUT2D eigenvalue weighted by atomic mass is 9.80. The Labute approximate surface area is 162 Å². The number of hydrogen-bond acceptors (Lipinski definition) is 4. The van der Waals surface area contributed by atoms with Crippen LogP contribution in [-0.2, 0) is 9.59 Å². The molecule has 148 valence electrons. The number of nitrogens with zero attached hydrogens (tertiary/aromatic N) is 2. The van der Waals surface area contributed by atoms with Gasteiger partial charge < -0.3 is 25.2 Å². The van der Waals surface area contributed by atoms with Crippen molar-refractivity contribution in [3.8, 4) is 0 Å². The van der Waals surface area contributed by atoms with Crippen molar-refractivity contribution in [2.24, 2.45) is 0 Å². The molecule has 3 amide bonds. The van der Waals surface area contributed by atoms with Gasteiger partial charge >= 0.3 is 11.8 Å². The molecular weight excluding hydrogens is 360 g/mol. The molecule has 1 aromatic heterocycles. The van der Waals surface area contributed by atoms with Gasteiger partial charge in [-0.25, -0.2) is 0 Å². The van der Waals surface area contributed by atoms with E-state index >= 15 is 0 Å². The van der Waals surface area contributed by atoms with E-state index in [0.717, 1.165) is 17.3 Å². The third-order valence-electron chi connectivity index (χ3n) is 5.67. The van der Waals surface area contributed by atoms with Crippen LogP contribution in [0.5, 0.6) is 0 Å². The summed E-state index contributed by atoms with van der Waals surface area (Å²) in [6.07, 6.45) is 2.23. The Hall–Kier alpha value is -2.87. The predicted molar refractivity (Wildman–Crippen MR) is 103 cm³/mol. The molecule has 0 bridgehead atoms. The first-order chi connectivity index (χ1) is 13.5. The molecule has 28 heavy (non-hydrogen) atoms. The average molecular weight is 384 g/mol. The van der Waals surface area contributed by atoms with Crippen molar-refractivity contribution in [2.75, 3.05) is 32.7 Å². The molecular formula is C20H24N4O4. The molecule has 0 spiro atoms. The minimum atomic E-state index is -0.860. The molecule has 1 aliphatic carbocycles. The third-order valence-corrected chi connectivity index (χ3v) is 5.67. The van der Waals surface area contributed by atoms with E-state index in [1.165, 1.54) is 4.90 Å². The van der Waals surface area contributed by atoms with Crippen LogP contribution < -0.4 is 5.32 Å². The van der Waals surface area contributed by atoms with Gasteiger partial charge in [0.1, 0.15) is 5.69 Å². The van der Waals surface area contributed by atoms with Crippen LogP contribution in [-0.4, -0.2) is 75.9 Å². The molecule has 1 aliphatic heterocycles. The molecule has 2 heterocycles. The Balaban J connectivity index is 1.30. The number of aromatic nitrogens is 1. The van der Waals surface area contributed by atoms with Crippen molar-refractivity contribution in [1.82, 2.24) is 20.1 Å². The smallest absolute Gasteiger partial charge is 0.312 e. The molecule has 0 radical (unpaired) electrons. The van der Waals surface area contributed by atoms with Crippen molar-refractivity contribution in [3.63, 3.8) is 0 Å². The number of aromatic amines is 1. The van der Waals surface area contributed by atoms with Crippen LogP contribution in [0.1, 0.15) is 29.8 Å². The van der Waals surface area contributed by atoms with E-state index in [0.29, 0.717) is 44.7 Å². The fourth-order valence-corrected chi connectivity index (χ4v) is 3.70. The number of amides is 3. The van der Waals surface area contributed by atoms with Crippen molar-refractivity contribution >= 4 is 28.6 Å². The molecule has 0 atom stereocenters. The number of piperazine rings is 1. The van der Waals surface area contributed by atoms with E-state index in [4.69, 9.17) is 0 Å². The summed E-state index contributed by atoms with van der Waals surface area (Å²) >= 11 is 0. The Morgan fingerprint density at radius 2 is 1.75 bits per heavy atom. The van der Waals surface area contributed by atoms with E-state index in [-0.39, 0.29) is 12.5 Å². The lowest BCUT2D eigenvalue weighted by Gasteiger charge is -2.37. The summed E-state index contributed by atoms with van der Waals surface area (Å²) < 4.78 is 0. The minimum Gasteiger partial charge on any atom is -0.388 e. The molecule has 8 heteroatoms. The van der Waals surface area contributed by atoms with Crippen LogP contribution in [0.3, 0.4) is 0 Å². The third kappa shape index (κ3) is 3.60. The SMILES string of the molecule is O=C(NCC1(O)CCC1)C(=O)N1CCN(C(=O)c2cc3ccccc3[nH]2)CC1. The summed E-state index contributed by atoms with van der Waals surface area (Å²) in [4.78, 5) is 43.4. The van der Waals surface area contributed by atoms with Gasteiger partial charge in [-0.1, -0.05) is 18.2 Å². The topological polar surface area (TPSA) is 106 Å². The van der Waals surface area contributed by atoms with Crippen LogP contribution in [0.4, 0.5) is 0 Å². The predicted octanol–water partition coefficient (Wildman–Crippen LogP) is 0.484. The molecule has 1 saturated heterocycles. The second kappa shape index (κ2) is 7.27. The van der Waals surface area contributed by atoms with Gasteiger partial charge in [0.15, 0.2) is 0 Å². The fraction of sp³-hybridized carbons (Fsp3) is 0.450. The van der Waals surface area contributed by atoms with Gasteiger partial charge in [-0.2, -0.15) is 0 Å². The van der Waals surface area contributed by atoms with Crippen LogP contribution in [0.15, 0.2) is 30.3 Å². The molecule has 2 aliphatic rings. The minimum absolute atomic E-state index is 0.108. The average Bonchev–Trinajstić information content (AvgIpc) is 3.14. The van der Waals surface area contributed by atoms with Crippen molar-refractivity contribution in [2.45, 2.75) is 24.9 Å². The Bertz CT molecular complexity index is 877. The zero-order chi connectivity index (χ0) is 19.7. The zero-order valence-corrected chi connectivity index (χ0v) is 15.6. The number of para-hydroxylation sites is 1. The van der Waals surface area contributed by atoms with Gasteiger partial charge in [0, 0.05) is 43.6 Å². The van der Waals surface area contributed by atoms with Gasteiger partial charge in [-0.05, 0) is 31.4 Å². The van der Waals surface area contributed by atoms with Crippen molar-refractivity contribution < 1.29 is 19.5 Å². The van der Waals surface area contributed by atoms with Gasteiger partial charge in [-0.3, -0.25) is 14.4 Å². The number of H-pyrrole nitrogens is 1. The molecule has 8 nitrogen and oxygen atoms in total. The van der Waals surface area contributed by atoms with E-state index in [2.05, 4.69) is 10.3 Å². The number of hydrogen-bond donors (Lipinski definition) is 3. The summed E-state index contributed by atoms with van der Waals surface area (Å²) in [6, 6.07) is 9.52.